The van der Waals surface area contributed by atoms with Crippen LogP contribution in [0.25, 0.3) is 21.5 Å². The standard InChI is InChI=1S/C22H24N2O4S/c1-15(2)27-11-6-10-23-21(25)14-28-22(26)17-13-19(20-9-5-12-29-20)24-18-8-4-3-7-16(17)18/h3-5,7-9,12-13,15H,6,10-11,14H2,1-2H3,(H,23,25). The van der Waals surface area contributed by atoms with Crippen LogP contribution in [0.3, 0.4) is 0 Å². The van der Waals surface area contributed by atoms with Gasteiger partial charge >= 0.3 is 5.97 Å². The van der Waals surface area contributed by atoms with Crippen molar-refractivity contribution in [3.63, 3.8) is 0 Å². The molecule has 0 bridgehead atoms. The molecule has 29 heavy (non-hydrogen) atoms. The van der Waals surface area contributed by atoms with Gasteiger partial charge in [-0.15, -0.1) is 11.3 Å². The van der Waals surface area contributed by atoms with Gasteiger partial charge in [0, 0.05) is 18.5 Å². The van der Waals surface area contributed by atoms with Gasteiger partial charge < -0.3 is 14.8 Å². The summed E-state index contributed by atoms with van der Waals surface area (Å²) in [4.78, 5) is 30.2. The van der Waals surface area contributed by atoms with Crippen LogP contribution in [0.1, 0.15) is 30.6 Å². The molecule has 1 amide bonds. The maximum Gasteiger partial charge on any atom is 0.339 e. The summed E-state index contributed by atoms with van der Waals surface area (Å²) >= 11 is 1.55. The number of ether oxygens (including phenoxy) is 2. The number of thiophene rings is 1. The molecule has 0 aliphatic carbocycles. The summed E-state index contributed by atoms with van der Waals surface area (Å²) in [5.41, 5.74) is 1.82. The van der Waals surface area contributed by atoms with Crippen molar-refractivity contribution in [3.8, 4) is 10.6 Å². The molecular formula is C22H24N2O4S. The van der Waals surface area contributed by atoms with E-state index in [2.05, 4.69) is 10.3 Å². The third-order valence-corrected chi connectivity index (χ3v) is 5.03. The first-order valence-corrected chi connectivity index (χ1v) is 10.4. The van der Waals surface area contributed by atoms with Crippen LogP contribution in [-0.2, 0) is 14.3 Å². The van der Waals surface area contributed by atoms with Crippen LogP contribution in [0.15, 0.2) is 47.8 Å². The monoisotopic (exact) mass is 412 g/mol. The number of hydrogen-bond donors (Lipinski definition) is 1. The summed E-state index contributed by atoms with van der Waals surface area (Å²) in [6, 6.07) is 13.0. The topological polar surface area (TPSA) is 77.5 Å². The zero-order chi connectivity index (χ0) is 20.6. The number of rotatable bonds is 9. The summed E-state index contributed by atoms with van der Waals surface area (Å²) < 4.78 is 10.7. The molecule has 0 saturated carbocycles. The van der Waals surface area contributed by atoms with Crippen molar-refractivity contribution >= 4 is 34.1 Å². The van der Waals surface area contributed by atoms with Gasteiger partial charge in [0.15, 0.2) is 6.61 Å². The van der Waals surface area contributed by atoms with E-state index in [4.69, 9.17) is 9.47 Å². The van der Waals surface area contributed by atoms with Crippen molar-refractivity contribution in [2.75, 3.05) is 19.8 Å². The second-order valence-electron chi connectivity index (χ2n) is 6.75. The summed E-state index contributed by atoms with van der Waals surface area (Å²) in [6.45, 7) is 4.65. The largest absolute Gasteiger partial charge is 0.452 e. The lowest BCUT2D eigenvalue weighted by Crippen LogP contribution is -2.30. The molecule has 2 aromatic heterocycles. The summed E-state index contributed by atoms with van der Waals surface area (Å²) in [5, 5.41) is 5.38. The average Bonchev–Trinajstić information content (AvgIpc) is 3.25. The van der Waals surface area contributed by atoms with Crippen molar-refractivity contribution in [2.24, 2.45) is 0 Å². The molecule has 0 unspecified atom stereocenters. The predicted molar refractivity (Wildman–Crippen MR) is 114 cm³/mol. The van der Waals surface area contributed by atoms with Crippen LogP contribution >= 0.6 is 11.3 Å². The fourth-order valence-electron chi connectivity index (χ4n) is 2.77. The molecule has 0 aliphatic rings. The Morgan fingerprint density at radius 1 is 1.17 bits per heavy atom. The van der Waals surface area contributed by atoms with Crippen LogP contribution in [-0.4, -0.2) is 42.7 Å². The number of nitrogens with zero attached hydrogens (tertiary/aromatic N) is 1. The second-order valence-corrected chi connectivity index (χ2v) is 7.70. The van der Waals surface area contributed by atoms with Gasteiger partial charge in [0.1, 0.15) is 0 Å². The van der Waals surface area contributed by atoms with E-state index in [9.17, 15) is 9.59 Å². The number of fused-ring (bicyclic) bond motifs is 1. The molecule has 3 aromatic rings. The zero-order valence-electron chi connectivity index (χ0n) is 16.5. The van der Waals surface area contributed by atoms with E-state index in [1.807, 2.05) is 55.6 Å². The highest BCUT2D eigenvalue weighted by Crippen LogP contribution is 2.28. The highest BCUT2D eigenvalue weighted by Gasteiger charge is 2.16. The number of nitrogens with one attached hydrogen (secondary N) is 1. The third kappa shape index (κ3) is 5.85. The van der Waals surface area contributed by atoms with Crippen molar-refractivity contribution in [1.29, 1.82) is 0 Å². The first-order valence-electron chi connectivity index (χ1n) is 9.53. The molecule has 3 rings (SSSR count). The molecule has 0 spiro atoms. The van der Waals surface area contributed by atoms with Gasteiger partial charge in [0.2, 0.25) is 0 Å². The van der Waals surface area contributed by atoms with Crippen LogP contribution in [0.5, 0.6) is 0 Å². The molecule has 1 aromatic carbocycles. The van der Waals surface area contributed by atoms with Gasteiger partial charge in [-0.1, -0.05) is 24.3 Å². The molecule has 0 saturated heterocycles. The zero-order valence-corrected chi connectivity index (χ0v) is 17.3. The van der Waals surface area contributed by atoms with Gasteiger partial charge in [-0.05, 0) is 43.8 Å². The molecule has 0 atom stereocenters. The number of aromatic nitrogens is 1. The number of pyridine rings is 1. The quantitative estimate of drug-likeness (QED) is 0.424. The molecular weight excluding hydrogens is 388 g/mol. The van der Waals surface area contributed by atoms with Crippen molar-refractivity contribution < 1.29 is 19.1 Å². The molecule has 0 radical (unpaired) electrons. The minimum Gasteiger partial charge on any atom is -0.452 e. The summed E-state index contributed by atoms with van der Waals surface area (Å²) in [5.74, 6) is -0.876. The summed E-state index contributed by atoms with van der Waals surface area (Å²) in [7, 11) is 0. The summed E-state index contributed by atoms with van der Waals surface area (Å²) in [6.07, 6.45) is 0.873. The van der Waals surface area contributed by atoms with Gasteiger partial charge in [-0.2, -0.15) is 0 Å². The van der Waals surface area contributed by atoms with E-state index in [0.717, 1.165) is 4.88 Å². The van der Waals surface area contributed by atoms with Crippen LogP contribution in [0.4, 0.5) is 0 Å². The highest BCUT2D eigenvalue weighted by molar-refractivity contribution is 7.13. The van der Waals surface area contributed by atoms with Gasteiger partial charge in [0.05, 0.1) is 27.8 Å². The number of para-hydroxylation sites is 1. The molecule has 1 N–H and O–H groups in total. The number of carbonyl (C=O) groups is 2. The van der Waals surface area contributed by atoms with E-state index in [1.165, 1.54) is 0 Å². The Hall–Kier alpha value is -2.77. The Kier molecular flexibility index (Phi) is 7.32. The number of amides is 1. The first-order chi connectivity index (χ1) is 14.0. The maximum atomic E-state index is 12.7. The van der Waals surface area contributed by atoms with Crippen molar-refractivity contribution in [3.05, 3.63) is 53.4 Å². The van der Waals surface area contributed by atoms with E-state index in [1.54, 1.807) is 17.4 Å². The Morgan fingerprint density at radius 2 is 2.00 bits per heavy atom. The Balaban J connectivity index is 1.64. The molecule has 0 fully saturated rings. The van der Waals surface area contributed by atoms with E-state index < -0.39 is 5.97 Å². The van der Waals surface area contributed by atoms with Crippen LogP contribution in [0, 0.1) is 0 Å². The number of carbonyl (C=O) groups excluding carboxylic acids is 2. The lowest BCUT2D eigenvalue weighted by molar-refractivity contribution is -0.124. The Morgan fingerprint density at radius 3 is 2.76 bits per heavy atom. The lowest BCUT2D eigenvalue weighted by atomic mass is 10.1. The molecule has 2 heterocycles. The van der Waals surface area contributed by atoms with Gasteiger partial charge in [-0.25, -0.2) is 9.78 Å². The minimum absolute atomic E-state index is 0.168. The Bertz CT molecular complexity index is 970. The van der Waals surface area contributed by atoms with Gasteiger partial charge in [-0.3, -0.25) is 4.79 Å². The second kappa shape index (κ2) is 10.1. The van der Waals surface area contributed by atoms with Gasteiger partial charge in [0.25, 0.3) is 5.91 Å². The van der Waals surface area contributed by atoms with Crippen molar-refractivity contribution in [1.82, 2.24) is 10.3 Å². The molecule has 152 valence electrons. The van der Waals surface area contributed by atoms with Crippen LogP contribution in [0.2, 0.25) is 0 Å². The third-order valence-electron chi connectivity index (χ3n) is 4.14. The smallest absolute Gasteiger partial charge is 0.339 e. The van der Waals surface area contributed by atoms with E-state index in [-0.39, 0.29) is 18.6 Å². The molecule has 0 aliphatic heterocycles. The SMILES string of the molecule is CC(C)OCCCNC(=O)COC(=O)c1cc(-c2cccs2)nc2ccccc12. The Labute approximate surface area is 173 Å². The fourth-order valence-corrected chi connectivity index (χ4v) is 3.46. The predicted octanol–water partition coefficient (Wildman–Crippen LogP) is 4.05. The number of benzene rings is 1. The first kappa shape index (κ1) is 21.0. The normalized spacial score (nSPS) is 11.0. The van der Waals surface area contributed by atoms with E-state index >= 15 is 0 Å². The lowest BCUT2D eigenvalue weighted by Gasteiger charge is -2.10. The molecule has 7 heteroatoms. The van der Waals surface area contributed by atoms with Crippen molar-refractivity contribution in [2.45, 2.75) is 26.4 Å². The average molecular weight is 413 g/mol. The number of hydrogen-bond acceptors (Lipinski definition) is 6. The highest BCUT2D eigenvalue weighted by atomic mass is 32.1. The van der Waals surface area contributed by atoms with E-state index in [0.29, 0.717) is 41.7 Å². The maximum absolute atomic E-state index is 12.7. The minimum atomic E-state index is -0.542. The number of esters is 1. The van der Waals surface area contributed by atoms with Crippen LogP contribution < -0.4 is 5.32 Å². The fraction of sp³-hybridized carbons (Fsp3) is 0.318. The molecule has 6 nitrogen and oxygen atoms in total.